The van der Waals surface area contributed by atoms with E-state index in [1.807, 2.05) is 40.7 Å². The molecule has 84 valence electrons. The van der Waals surface area contributed by atoms with Crippen molar-refractivity contribution in [2.75, 3.05) is 19.8 Å². The third-order valence-corrected chi connectivity index (χ3v) is 5.18. The highest BCUT2D eigenvalue weighted by Crippen LogP contribution is 2.19. The molecule has 0 heterocycles. The number of allylic oxidation sites excluding steroid dienone is 2. The molecule has 3 nitrogen and oxygen atoms in total. The zero-order valence-electron chi connectivity index (χ0n) is 9.92. The molecule has 0 spiro atoms. The van der Waals surface area contributed by atoms with Crippen LogP contribution in [0.25, 0.3) is 0 Å². The van der Waals surface area contributed by atoms with Crippen molar-refractivity contribution in [3.8, 4) is 0 Å². The first kappa shape index (κ1) is 13.8. The number of hydrogen-bond donors (Lipinski definition) is 0. The summed E-state index contributed by atoms with van der Waals surface area (Å²) in [5, 5.41) is 1.09. The van der Waals surface area contributed by atoms with Crippen LogP contribution < -0.4 is 0 Å². The van der Waals surface area contributed by atoms with E-state index in [0.29, 0.717) is 19.8 Å². The topological polar surface area (TPSA) is 27.7 Å². The minimum Gasteiger partial charge on any atom is -0.371 e. The van der Waals surface area contributed by atoms with Gasteiger partial charge in [0, 0.05) is 19.8 Å². The normalized spacial score (nSPS) is 13.4. The van der Waals surface area contributed by atoms with Gasteiger partial charge in [-0.2, -0.15) is 0 Å². The Kier molecular flexibility index (Phi) is 7.09. The van der Waals surface area contributed by atoms with Crippen LogP contribution in [0.15, 0.2) is 11.3 Å². The Labute approximate surface area is 88.4 Å². The lowest BCUT2D eigenvalue weighted by Crippen LogP contribution is -2.47. The summed E-state index contributed by atoms with van der Waals surface area (Å²) >= 11 is 0. The number of rotatable bonds is 7. The van der Waals surface area contributed by atoms with E-state index in [2.05, 4.69) is 0 Å². The Morgan fingerprint density at radius 1 is 1.00 bits per heavy atom. The van der Waals surface area contributed by atoms with Crippen LogP contribution in [0, 0.1) is 0 Å². The summed E-state index contributed by atoms with van der Waals surface area (Å²) in [6.07, 6.45) is 2.01. The Balaban J connectivity index is 4.72. The van der Waals surface area contributed by atoms with Crippen molar-refractivity contribution in [1.82, 2.24) is 0 Å². The van der Waals surface area contributed by atoms with Crippen LogP contribution in [-0.2, 0) is 13.3 Å². The van der Waals surface area contributed by atoms with Crippen molar-refractivity contribution in [3.63, 3.8) is 0 Å². The first-order chi connectivity index (χ1) is 6.66. The summed E-state index contributed by atoms with van der Waals surface area (Å²) in [6.45, 7) is 11.7. The molecule has 0 bridgehead atoms. The van der Waals surface area contributed by atoms with Gasteiger partial charge in [-0.1, -0.05) is 6.08 Å². The maximum absolute atomic E-state index is 5.69. The monoisotopic (exact) mass is 218 g/mol. The maximum Gasteiger partial charge on any atom is 0.532 e. The zero-order valence-corrected chi connectivity index (χ0v) is 10.9. The first-order valence-corrected chi connectivity index (χ1v) is 6.94. The van der Waals surface area contributed by atoms with Crippen molar-refractivity contribution in [1.29, 1.82) is 0 Å². The van der Waals surface area contributed by atoms with Gasteiger partial charge in [0.05, 0.1) is 0 Å². The van der Waals surface area contributed by atoms with Crippen molar-refractivity contribution >= 4 is 8.80 Å². The summed E-state index contributed by atoms with van der Waals surface area (Å²) in [4.78, 5) is 0. The average Bonchev–Trinajstić information content (AvgIpc) is 2.17. The highest BCUT2D eigenvalue weighted by atomic mass is 28.4. The van der Waals surface area contributed by atoms with Crippen molar-refractivity contribution < 1.29 is 13.3 Å². The van der Waals surface area contributed by atoms with Crippen LogP contribution in [0.3, 0.4) is 0 Å². The molecule has 0 aromatic carbocycles. The largest absolute Gasteiger partial charge is 0.532 e. The van der Waals surface area contributed by atoms with E-state index < -0.39 is 8.80 Å². The van der Waals surface area contributed by atoms with Gasteiger partial charge in [-0.15, -0.1) is 0 Å². The van der Waals surface area contributed by atoms with Crippen LogP contribution in [0.4, 0.5) is 0 Å². The van der Waals surface area contributed by atoms with Gasteiger partial charge in [-0.05, 0) is 39.8 Å². The standard InChI is InChI=1S/C10H22O3Si/c1-6-10(5)14(11-7-2,12-8-3)13-9-4/h6H,7-9H2,1-5H3/b10-6+. The molecule has 0 aromatic heterocycles. The van der Waals surface area contributed by atoms with Gasteiger partial charge in [0.25, 0.3) is 0 Å². The fraction of sp³-hybridized carbons (Fsp3) is 0.800. The molecule has 0 aliphatic heterocycles. The maximum atomic E-state index is 5.69. The van der Waals surface area contributed by atoms with Gasteiger partial charge in [-0.3, -0.25) is 0 Å². The highest BCUT2D eigenvalue weighted by Gasteiger charge is 2.42. The molecule has 0 aromatic rings. The molecule has 0 saturated heterocycles. The summed E-state index contributed by atoms with van der Waals surface area (Å²) in [5.41, 5.74) is 0. The van der Waals surface area contributed by atoms with Gasteiger partial charge in [-0.25, -0.2) is 0 Å². The minimum atomic E-state index is -2.54. The smallest absolute Gasteiger partial charge is 0.371 e. The molecule has 14 heavy (non-hydrogen) atoms. The van der Waals surface area contributed by atoms with Gasteiger partial charge in [0.2, 0.25) is 0 Å². The van der Waals surface area contributed by atoms with E-state index in [1.165, 1.54) is 0 Å². The fourth-order valence-corrected chi connectivity index (χ4v) is 3.64. The number of hydrogen-bond acceptors (Lipinski definition) is 3. The van der Waals surface area contributed by atoms with E-state index in [-0.39, 0.29) is 0 Å². The van der Waals surface area contributed by atoms with Crippen LogP contribution in [0.2, 0.25) is 0 Å². The van der Waals surface area contributed by atoms with E-state index >= 15 is 0 Å². The van der Waals surface area contributed by atoms with Crippen molar-refractivity contribution in [3.05, 3.63) is 11.3 Å². The molecule has 0 amide bonds. The molecule has 0 unspecified atom stereocenters. The average molecular weight is 218 g/mol. The second-order valence-corrected chi connectivity index (χ2v) is 5.59. The van der Waals surface area contributed by atoms with Gasteiger partial charge in [0.15, 0.2) is 0 Å². The van der Waals surface area contributed by atoms with Crippen LogP contribution in [0.5, 0.6) is 0 Å². The van der Waals surface area contributed by atoms with E-state index in [9.17, 15) is 0 Å². The molecule has 0 saturated carbocycles. The zero-order chi connectivity index (χ0) is 11.0. The summed E-state index contributed by atoms with van der Waals surface area (Å²) < 4.78 is 17.1. The Bertz CT molecular complexity index is 163. The molecular weight excluding hydrogens is 196 g/mol. The second-order valence-electron chi connectivity index (χ2n) is 2.83. The quantitative estimate of drug-likeness (QED) is 0.615. The van der Waals surface area contributed by atoms with Crippen LogP contribution >= 0.6 is 0 Å². The Morgan fingerprint density at radius 2 is 1.36 bits per heavy atom. The SMILES string of the molecule is C/C=C(\C)[Si](OCC)(OCC)OCC. The lowest BCUT2D eigenvalue weighted by Gasteiger charge is -2.28. The molecule has 0 rings (SSSR count). The predicted octanol–water partition coefficient (Wildman–Crippen LogP) is 2.54. The predicted molar refractivity (Wildman–Crippen MR) is 60.1 cm³/mol. The van der Waals surface area contributed by atoms with E-state index in [0.717, 1.165) is 5.20 Å². The van der Waals surface area contributed by atoms with Gasteiger partial charge >= 0.3 is 8.80 Å². The lowest BCUT2D eigenvalue weighted by atomic mass is 10.6. The molecule has 0 N–H and O–H groups in total. The lowest BCUT2D eigenvalue weighted by molar-refractivity contribution is 0.0807. The Hall–Kier alpha value is -0.163. The van der Waals surface area contributed by atoms with Gasteiger partial charge < -0.3 is 13.3 Å². The molecule has 0 fully saturated rings. The molecule has 0 radical (unpaired) electrons. The summed E-state index contributed by atoms with van der Waals surface area (Å²) in [6, 6.07) is 0. The molecule has 0 atom stereocenters. The summed E-state index contributed by atoms with van der Waals surface area (Å²) in [7, 11) is -2.54. The van der Waals surface area contributed by atoms with Crippen molar-refractivity contribution in [2.24, 2.45) is 0 Å². The third kappa shape index (κ3) is 3.53. The van der Waals surface area contributed by atoms with E-state index in [4.69, 9.17) is 13.3 Å². The van der Waals surface area contributed by atoms with Crippen LogP contribution in [-0.4, -0.2) is 28.6 Å². The van der Waals surface area contributed by atoms with Gasteiger partial charge in [0.1, 0.15) is 0 Å². The molecule has 0 aliphatic rings. The Morgan fingerprint density at radius 3 is 1.57 bits per heavy atom. The molecular formula is C10H22O3Si. The highest BCUT2D eigenvalue weighted by molar-refractivity contribution is 6.68. The molecule has 0 aliphatic carbocycles. The minimum absolute atomic E-state index is 0.622. The summed E-state index contributed by atoms with van der Waals surface area (Å²) in [5.74, 6) is 0. The van der Waals surface area contributed by atoms with Crippen LogP contribution in [0.1, 0.15) is 34.6 Å². The fourth-order valence-electron chi connectivity index (χ4n) is 1.21. The first-order valence-electron chi connectivity index (χ1n) is 5.22. The van der Waals surface area contributed by atoms with Crippen molar-refractivity contribution in [2.45, 2.75) is 34.6 Å². The third-order valence-electron chi connectivity index (χ3n) is 1.92. The van der Waals surface area contributed by atoms with E-state index in [1.54, 1.807) is 0 Å². The second kappa shape index (κ2) is 7.17. The molecule has 4 heteroatoms.